The summed E-state index contributed by atoms with van der Waals surface area (Å²) < 4.78 is 57.8. The maximum absolute atomic E-state index is 14.9. The maximum atomic E-state index is 14.9. The van der Waals surface area contributed by atoms with E-state index < -0.39 is 11.7 Å². The van der Waals surface area contributed by atoms with Crippen LogP contribution in [0.15, 0.2) is 48.7 Å². The number of rotatable bonds is 5. The van der Waals surface area contributed by atoms with Gasteiger partial charge in [0.25, 0.3) is 0 Å². The van der Waals surface area contributed by atoms with Gasteiger partial charge in [-0.05, 0) is 61.8 Å². The van der Waals surface area contributed by atoms with Crippen molar-refractivity contribution in [2.45, 2.75) is 63.3 Å². The van der Waals surface area contributed by atoms with Gasteiger partial charge in [-0.1, -0.05) is 30.3 Å². The number of hydrogen-bond donors (Lipinski definition) is 0. The molecule has 1 aliphatic carbocycles. The molecule has 0 bridgehead atoms. The zero-order valence-electron chi connectivity index (χ0n) is 22.0. The molecule has 6 nitrogen and oxygen atoms in total. The maximum Gasteiger partial charge on any atom is 0.416 e. The van der Waals surface area contributed by atoms with Gasteiger partial charge >= 0.3 is 12.2 Å². The molecule has 3 aromatic rings. The number of hydrogen-bond acceptors (Lipinski definition) is 3. The number of carbonyl (C=O) groups excluding carboxylic acids is 1. The van der Waals surface area contributed by atoms with E-state index in [1.54, 1.807) is 28.8 Å². The second-order valence-corrected chi connectivity index (χ2v) is 10.9. The summed E-state index contributed by atoms with van der Waals surface area (Å²) in [5, 5.41) is 4.46. The number of fused-ring (bicyclic) bond motifs is 1. The van der Waals surface area contributed by atoms with Crippen LogP contribution in [0.25, 0.3) is 0 Å². The number of piperidine rings is 1. The van der Waals surface area contributed by atoms with E-state index in [-0.39, 0.29) is 36.0 Å². The lowest BCUT2D eigenvalue weighted by Gasteiger charge is -2.46. The SMILES string of the molecule is C[C@@H]1c2cn(C)nc2N(Cc2ccccc2C(F)(F)F)C(=O)N1C1CCN(c2c(F)cccc2C2CC2)CC1. The van der Waals surface area contributed by atoms with E-state index in [1.807, 2.05) is 19.2 Å². The molecule has 1 saturated carbocycles. The second kappa shape index (κ2) is 9.57. The molecule has 2 amide bonds. The number of amides is 2. The summed E-state index contributed by atoms with van der Waals surface area (Å²) in [6, 6.07) is 9.86. The van der Waals surface area contributed by atoms with Gasteiger partial charge in [0.05, 0.1) is 23.8 Å². The first-order valence-electron chi connectivity index (χ1n) is 13.4. The van der Waals surface area contributed by atoms with Crippen LogP contribution in [0.2, 0.25) is 0 Å². The van der Waals surface area contributed by atoms with Crippen molar-refractivity contribution in [3.05, 3.63) is 76.7 Å². The van der Waals surface area contributed by atoms with Crippen LogP contribution in [0.5, 0.6) is 0 Å². The van der Waals surface area contributed by atoms with E-state index in [0.717, 1.165) is 30.0 Å². The molecular weight excluding hydrogens is 510 g/mol. The van der Waals surface area contributed by atoms with Crippen LogP contribution in [-0.2, 0) is 19.8 Å². The Labute approximate surface area is 224 Å². The summed E-state index contributed by atoms with van der Waals surface area (Å²) in [6.45, 7) is 2.89. The molecule has 2 aliphatic heterocycles. The summed E-state index contributed by atoms with van der Waals surface area (Å²) in [4.78, 5) is 19.2. The van der Waals surface area contributed by atoms with Gasteiger partial charge < -0.3 is 9.80 Å². The van der Waals surface area contributed by atoms with Crippen molar-refractivity contribution in [1.29, 1.82) is 0 Å². The molecule has 3 heterocycles. The second-order valence-electron chi connectivity index (χ2n) is 10.9. The molecule has 0 radical (unpaired) electrons. The highest BCUT2D eigenvalue weighted by atomic mass is 19.4. The Morgan fingerprint density at radius 3 is 2.38 bits per heavy atom. The average Bonchev–Trinajstić information content (AvgIpc) is 3.67. The fourth-order valence-corrected chi connectivity index (χ4v) is 6.22. The largest absolute Gasteiger partial charge is 0.416 e. The van der Waals surface area contributed by atoms with Crippen molar-refractivity contribution in [2.24, 2.45) is 7.05 Å². The lowest BCUT2D eigenvalue weighted by atomic mass is 9.96. The van der Waals surface area contributed by atoms with E-state index in [0.29, 0.717) is 43.4 Å². The van der Waals surface area contributed by atoms with Crippen LogP contribution in [0.1, 0.15) is 66.8 Å². The molecule has 3 aliphatic rings. The van der Waals surface area contributed by atoms with Gasteiger partial charge in [0.1, 0.15) is 5.82 Å². The van der Waals surface area contributed by atoms with Crippen molar-refractivity contribution in [2.75, 3.05) is 22.9 Å². The molecule has 1 aromatic heterocycles. The van der Waals surface area contributed by atoms with Crippen molar-refractivity contribution >= 4 is 17.5 Å². The van der Waals surface area contributed by atoms with E-state index in [9.17, 15) is 22.4 Å². The van der Waals surface area contributed by atoms with Crippen molar-refractivity contribution in [1.82, 2.24) is 14.7 Å². The third-order valence-electron chi connectivity index (χ3n) is 8.27. The minimum atomic E-state index is -4.53. The zero-order valence-corrected chi connectivity index (χ0v) is 22.0. The Bertz CT molecular complexity index is 1390. The van der Waals surface area contributed by atoms with Crippen LogP contribution < -0.4 is 9.80 Å². The monoisotopic (exact) mass is 541 g/mol. The lowest BCUT2D eigenvalue weighted by Crippen LogP contribution is -2.55. The Kier molecular flexibility index (Phi) is 6.31. The highest BCUT2D eigenvalue weighted by molar-refractivity contribution is 5.94. The molecule has 2 fully saturated rings. The fourth-order valence-electron chi connectivity index (χ4n) is 6.22. The van der Waals surface area contributed by atoms with Gasteiger partial charge in [0.2, 0.25) is 0 Å². The Morgan fingerprint density at radius 1 is 0.974 bits per heavy atom. The van der Waals surface area contributed by atoms with E-state index in [4.69, 9.17) is 0 Å². The molecule has 0 N–H and O–H groups in total. The van der Waals surface area contributed by atoms with Gasteiger partial charge in [0, 0.05) is 37.9 Å². The topological polar surface area (TPSA) is 44.6 Å². The third kappa shape index (κ3) is 4.63. The first-order valence-corrected chi connectivity index (χ1v) is 13.4. The van der Waals surface area contributed by atoms with Crippen LogP contribution in [-0.4, -0.2) is 39.8 Å². The Hall–Kier alpha value is -3.56. The van der Waals surface area contributed by atoms with Crippen LogP contribution >= 0.6 is 0 Å². The van der Waals surface area contributed by atoms with Crippen LogP contribution in [0.3, 0.4) is 0 Å². The minimum absolute atomic E-state index is 0.0198. The van der Waals surface area contributed by atoms with Gasteiger partial charge in [0.15, 0.2) is 5.82 Å². The highest BCUT2D eigenvalue weighted by Crippen LogP contribution is 2.46. The highest BCUT2D eigenvalue weighted by Gasteiger charge is 2.43. The predicted octanol–water partition coefficient (Wildman–Crippen LogP) is 6.63. The smallest absolute Gasteiger partial charge is 0.369 e. The Balaban J connectivity index is 1.27. The molecule has 0 unspecified atom stereocenters. The molecule has 206 valence electrons. The molecule has 2 aromatic carbocycles. The molecule has 1 saturated heterocycles. The number of para-hydroxylation sites is 1. The normalized spacial score (nSPS) is 20.5. The number of benzene rings is 2. The summed E-state index contributed by atoms with van der Waals surface area (Å²) in [7, 11) is 1.74. The number of aryl methyl sites for hydroxylation is 1. The van der Waals surface area contributed by atoms with Crippen molar-refractivity contribution in [3.63, 3.8) is 0 Å². The van der Waals surface area contributed by atoms with Crippen LogP contribution in [0.4, 0.5) is 33.9 Å². The van der Waals surface area contributed by atoms with Crippen LogP contribution in [0, 0.1) is 5.82 Å². The number of halogens is 4. The Morgan fingerprint density at radius 2 is 1.69 bits per heavy atom. The number of urea groups is 1. The molecule has 1 atom stereocenters. The van der Waals surface area contributed by atoms with E-state index in [2.05, 4.69) is 10.00 Å². The molecular formula is C29H31F4N5O. The number of carbonyl (C=O) groups is 1. The van der Waals surface area contributed by atoms with Gasteiger partial charge in [-0.15, -0.1) is 0 Å². The van der Waals surface area contributed by atoms with Crippen molar-refractivity contribution < 1.29 is 22.4 Å². The van der Waals surface area contributed by atoms with Gasteiger partial charge in [-0.2, -0.15) is 18.3 Å². The lowest BCUT2D eigenvalue weighted by molar-refractivity contribution is -0.138. The quantitative estimate of drug-likeness (QED) is 0.341. The zero-order chi connectivity index (χ0) is 27.5. The summed E-state index contributed by atoms with van der Waals surface area (Å²) in [5.41, 5.74) is 1.80. The number of aromatic nitrogens is 2. The number of anilines is 2. The minimum Gasteiger partial charge on any atom is -0.369 e. The molecule has 39 heavy (non-hydrogen) atoms. The molecule has 0 spiro atoms. The standard InChI is InChI=1S/C29H31F4N5O/c1-18-23-17-35(2)34-27(23)37(16-20-6-3-4-8-24(20)29(31,32)33)28(39)38(18)21-12-14-36(15-13-21)26-22(19-10-11-19)7-5-9-25(26)30/h3-9,17-19,21H,10-16H2,1-2H3/t18-/m1/s1. The molecule has 6 rings (SSSR count). The summed E-state index contributed by atoms with van der Waals surface area (Å²) >= 11 is 0. The molecule has 10 heteroatoms. The van der Waals surface area contributed by atoms with E-state index in [1.165, 1.54) is 23.1 Å². The third-order valence-corrected chi connectivity index (χ3v) is 8.27. The predicted molar refractivity (Wildman–Crippen MR) is 140 cm³/mol. The fraction of sp³-hybridized carbons (Fsp3) is 0.448. The summed E-state index contributed by atoms with van der Waals surface area (Å²) in [5.74, 6) is 0.588. The van der Waals surface area contributed by atoms with E-state index >= 15 is 0 Å². The van der Waals surface area contributed by atoms with Gasteiger partial charge in [-0.25, -0.2) is 9.18 Å². The number of nitrogens with zero attached hydrogens (tertiary/aromatic N) is 5. The van der Waals surface area contributed by atoms with Gasteiger partial charge in [-0.3, -0.25) is 9.58 Å². The first kappa shape index (κ1) is 25.7. The van der Waals surface area contributed by atoms with Crippen molar-refractivity contribution in [3.8, 4) is 0 Å². The summed E-state index contributed by atoms with van der Waals surface area (Å²) in [6.07, 6.45) is 0.724. The first-order chi connectivity index (χ1) is 18.6. The average molecular weight is 542 g/mol. The number of alkyl halides is 3.